The summed E-state index contributed by atoms with van der Waals surface area (Å²) in [5.74, 6) is 0.778. The predicted molar refractivity (Wildman–Crippen MR) is 108 cm³/mol. The largest absolute Gasteiger partial charge is 0.351 e. The fourth-order valence-corrected chi connectivity index (χ4v) is 3.97. The van der Waals surface area contributed by atoms with Crippen LogP contribution < -0.4 is 5.32 Å². The number of benzene rings is 1. The average Bonchev–Trinajstić information content (AvgIpc) is 3.23. The molecule has 0 radical (unpaired) electrons. The predicted octanol–water partition coefficient (Wildman–Crippen LogP) is 4.39. The van der Waals surface area contributed by atoms with Crippen LogP contribution >= 0.6 is 23.1 Å². The lowest BCUT2D eigenvalue weighted by atomic mass is 10.1. The first-order valence-corrected chi connectivity index (χ1v) is 10.1. The molecule has 26 heavy (non-hydrogen) atoms. The van der Waals surface area contributed by atoms with Crippen molar-refractivity contribution in [3.8, 4) is 16.4 Å². The van der Waals surface area contributed by atoms with E-state index in [1.807, 2.05) is 80.1 Å². The summed E-state index contributed by atoms with van der Waals surface area (Å²) in [5, 5.41) is 14.2. The van der Waals surface area contributed by atoms with Crippen LogP contribution in [0.3, 0.4) is 0 Å². The van der Waals surface area contributed by atoms with Gasteiger partial charge < -0.3 is 5.32 Å². The Hall–Kier alpha value is -2.12. The van der Waals surface area contributed by atoms with Gasteiger partial charge in [0.15, 0.2) is 11.0 Å². The van der Waals surface area contributed by atoms with E-state index in [1.54, 1.807) is 11.3 Å². The second-order valence-corrected chi connectivity index (χ2v) is 9.21. The summed E-state index contributed by atoms with van der Waals surface area (Å²) in [7, 11) is 0. The second kappa shape index (κ2) is 7.63. The minimum absolute atomic E-state index is 0.0113. The van der Waals surface area contributed by atoms with E-state index in [2.05, 4.69) is 15.5 Å². The van der Waals surface area contributed by atoms with Gasteiger partial charge in [0.05, 0.1) is 10.1 Å². The van der Waals surface area contributed by atoms with Gasteiger partial charge in [-0.15, -0.1) is 21.5 Å². The summed E-state index contributed by atoms with van der Waals surface area (Å²) >= 11 is 3.03. The van der Waals surface area contributed by atoms with Crippen LogP contribution in [0.1, 0.15) is 27.7 Å². The number of nitrogens with one attached hydrogen (secondary N) is 1. The summed E-state index contributed by atoms with van der Waals surface area (Å²) in [5.41, 5.74) is 0.716. The zero-order valence-electron chi connectivity index (χ0n) is 15.3. The molecule has 0 aliphatic rings. The fourth-order valence-electron chi connectivity index (χ4n) is 2.40. The lowest BCUT2D eigenvalue weighted by Gasteiger charge is -2.23. The molecule has 0 saturated carbocycles. The van der Waals surface area contributed by atoms with Crippen molar-refractivity contribution in [2.45, 2.75) is 43.6 Å². The SMILES string of the molecule is CC(Sc1nnc(-c2cccs2)n1-c1ccccc1)C(=O)NC(C)(C)C. The molecule has 136 valence electrons. The number of para-hydroxylation sites is 1. The van der Waals surface area contributed by atoms with Gasteiger partial charge in [-0.2, -0.15) is 0 Å². The number of carbonyl (C=O) groups is 1. The fraction of sp³-hybridized carbons (Fsp3) is 0.316. The molecule has 5 nitrogen and oxygen atoms in total. The van der Waals surface area contributed by atoms with Crippen molar-refractivity contribution in [3.63, 3.8) is 0 Å². The van der Waals surface area contributed by atoms with Crippen molar-refractivity contribution in [1.29, 1.82) is 0 Å². The summed E-state index contributed by atoms with van der Waals surface area (Å²) < 4.78 is 2.01. The highest BCUT2D eigenvalue weighted by atomic mass is 32.2. The van der Waals surface area contributed by atoms with E-state index in [9.17, 15) is 4.79 Å². The van der Waals surface area contributed by atoms with E-state index in [4.69, 9.17) is 0 Å². The van der Waals surface area contributed by atoms with Gasteiger partial charge >= 0.3 is 0 Å². The van der Waals surface area contributed by atoms with Gasteiger partial charge in [-0.1, -0.05) is 36.0 Å². The van der Waals surface area contributed by atoms with Gasteiger partial charge in [-0.25, -0.2) is 0 Å². The molecule has 0 saturated heterocycles. The van der Waals surface area contributed by atoms with Crippen molar-refractivity contribution in [1.82, 2.24) is 20.1 Å². The van der Waals surface area contributed by atoms with E-state index in [0.717, 1.165) is 16.4 Å². The smallest absolute Gasteiger partial charge is 0.233 e. The minimum Gasteiger partial charge on any atom is -0.351 e. The molecule has 0 aliphatic heterocycles. The number of hydrogen-bond donors (Lipinski definition) is 1. The molecule has 0 aliphatic carbocycles. The zero-order chi connectivity index (χ0) is 18.7. The molecule has 1 atom stereocenters. The molecule has 2 aromatic heterocycles. The minimum atomic E-state index is -0.280. The highest BCUT2D eigenvalue weighted by Gasteiger charge is 2.24. The van der Waals surface area contributed by atoms with E-state index in [-0.39, 0.29) is 16.7 Å². The van der Waals surface area contributed by atoms with Gasteiger partial charge in [-0.05, 0) is 51.3 Å². The summed E-state index contributed by atoms with van der Waals surface area (Å²) in [6, 6.07) is 14.0. The van der Waals surface area contributed by atoms with E-state index >= 15 is 0 Å². The number of rotatable bonds is 5. The first-order valence-electron chi connectivity index (χ1n) is 8.38. The van der Waals surface area contributed by atoms with Crippen LogP contribution in [0.4, 0.5) is 0 Å². The molecule has 1 amide bonds. The van der Waals surface area contributed by atoms with E-state index < -0.39 is 0 Å². The van der Waals surface area contributed by atoms with Crippen LogP contribution in [0.2, 0.25) is 0 Å². The Morgan fingerprint density at radius 2 is 1.88 bits per heavy atom. The Morgan fingerprint density at radius 3 is 2.50 bits per heavy atom. The molecular weight excluding hydrogens is 364 g/mol. The maximum absolute atomic E-state index is 12.5. The molecule has 1 unspecified atom stereocenters. The van der Waals surface area contributed by atoms with E-state index in [0.29, 0.717) is 5.16 Å². The molecule has 3 aromatic rings. The third kappa shape index (κ3) is 4.34. The standard InChI is InChI=1S/C19H22N4OS2/c1-13(17(24)20-19(2,3)4)26-18-22-21-16(15-11-8-12-25-15)23(18)14-9-6-5-7-10-14/h5-13H,1-4H3,(H,20,24). The maximum atomic E-state index is 12.5. The molecule has 0 fully saturated rings. The molecule has 7 heteroatoms. The van der Waals surface area contributed by atoms with Crippen LogP contribution in [0.15, 0.2) is 53.0 Å². The summed E-state index contributed by atoms with van der Waals surface area (Å²) in [6.45, 7) is 7.82. The number of carbonyl (C=O) groups excluding carboxylic acids is 1. The number of aromatic nitrogens is 3. The molecule has 0 spiro atoms. The highest BCUT2D eigenvalue weighted by molar-refractivity contribution is 8.00. The molecular formula is C19H22N4OS2. The van der Waals surface area contributed by atoms with Gasteiger partial charge in [-0.3, -0.25) is 9.36 Å². The number of nitrogens with zero attached hydrogens (tertiary/aromatic N) is 3. The Bertz CT molecular complexity index is 867. The Labute approximate surface area is 161 Å². The van der Waals surface area contributed by atoms with Gasteiger partial charge in [0.1, 0.15) is 0 Å². The van der Waals surface area contributed by atoms with E-state index in [1.165, 1.54) is 11.8 Å². The molecule has 3 rings (SSSR count). The topological polar surface area (TPSA) is 59.8 Å². The number of thiophene rings is 1. The Kier molecular flexibility index (Phi) is 5.48. The lowest BCUT2D eigenvalue weighted by molar-refractivity contribution is -0.121. The monoisotopic (exact) mass is 386 g/mol. The first-order chi connectivity index (χ1) is 12.3. The maximum Gasteiger partial charge on any atom is 0.233 e. The van der Waals surface area contributed by atoms with Crippen LogP contribution in [0, 0.1) is 0 Å². The lowest BCUT2D eigenvalue weighted by Crippen LogP contribution is -2.44. The first kappa shape index (κ1) is 18.7. The van der Waals surface area contributed by atoms with Crippen LogP contribution in [-0.4, -0.2) is 31.5 Å². The quantitative estimate of drug-likeness (QED) is 0.661. The Morgan fingerprint density at radius 1 is 1.15 bits per heavy atom. The summed E-state index contributed by atoms with van der Waals surface area (Å²) in [6.07, 6.45) is 0. The molecule has 1 N–H and O–H groups in total. The van der Waals surface area contributed by atoms with Crippen LogP contribution in [0.25, 0.3) is 16.4 Å². The summed E-state index contributed by atoms with van der Waals surface area (Å²) in [4.78, 5) is 13.5. The zero-order valence-corrected chi connectivity index (χ0v) is 16.9. The molecule has 2 heterocycles. The number of thioether (sulfide) groups is 1. The average molecular weight is 387 g/mol. The van der Waals surface area contributed by atoms with Crippen molar-refractivity contribution in [2.24, 2.45) is 0 Å². The van der Waals surface area contributed by atoms with Crippen molar-refractivity contribution < 1.29 is 4.79 Å². The highest BCUT2D eigenvalue weighted by Crippen LogP contribution is 2.32. The Balaban J connectivity index is 1.94. The van der Waals surface area contributed by atoms with Gasteiger partial charge in [0.25, 0.3) is 0 Å². The van der Waals surface area contributed by atoms with Crippen LogP contribution in [0.5, 0.6) is 0 Å². The van der Waals surface area contributed by atoms with Gasteiger partial charge in [0, 0.05) is 11.2 Å². The molecule has 1 aromatic carbocycles. The number of amides is 1. The third-order valence-electron chi connectivity index (χ3n) is 3.54. The number of hydrogen-bond acceptors (Lipinski definition) is 5. The van der Waals surface area contributed by atoms with Gasteiger partial charge in [0.2, 0.25) is 5.91 Å². The van der Waals surface area contributed by atoms with Crippen molar-refractivity contribution in [3.05, 3.63) is 47.8 Å². The normalized spacial score (nSPS) is 12.8. The van der Waals surface area contributed by atoms with Crippen molar-refractivity contribution in [2.75, 3.05) is 0 Å². The second-order valence-electron chi connectivity index (χ2n) is 6.95. The third-order valence-corrected chi connectivity index (χ3v) is 5.45. The van der Waals surface area contributed by atoms with Crippen molar-refractivity contribution >= 4 is 29.0 Å². The van der Waals surface area contributed by atoms with Crippen LogP contribution in [-0.2, 0) is 4.79 Å². The molecule has 0 bridgehead atoms.